The van der Waals surface area contributed by atoms with E-state index < -0.39 is 43.2 Å². The minimum absolute atomic E-state index is 0.0901. The lowest BCUT2D eigenvalue weighted by Gasteiger charge is -2.42. The number of rotatable bonds is 11. The summed E-state index contributed by atoms with van der Waals surface area (Å²) >= 11 is 0. The van der Waals surface area contributed by atoms with Crippen LogP contribution in [0.3, 0.4) is 0 Å². The van der Waals surface area contributed by atoms with Crippen LogP contribution in [0, 0.1) is 0 Å². The van der Waals surface area contributed by atoms with Crippen LogP contribution in [0.1, 0.15) is 32.6 Å². The van der Waals surface area contributed by atoms with E-state index in [9.17, 15) is 24.9 Å². The smallest absolute Gasteiger partial charge is 0.222 e. The van der Waals surface area contributed by atoms with Crippen molar-refractivity contribution in [2.75, 3.05) is 26.4 Å². The molecule has 10 nitrogen and oxygen atoms in total. The minimum atomic E-state index is -1.33. The molecule has 1 saturated heterocycles. The molecule has 1 aliphatic rings. The normalized spacial score (nSPS) is 28.6. The van der Waals surface area contributed by atoms with Crippen LogP contribution in [0.25, 0.3) is 0 Å². The van der Waals surface area contributed by atoms with E-state index in [-0.39, 0.29) is 25.5 Å². The average molecular weight is 378 g/mol. The van der Waals surface area contributed by atoms with Gasteiger partial charge in [0, 0.05) is 26.5 Å². The molecule has 2 amide bonds. The van der Waals surface area contributed by atoms with Crippen LogP contribution in [0.4, 0.5) is 0 Å². The molecule has 0 spiro atoms. The summed E-state index contributed by atoms with van der Waals surface area (Å²) in [6, 6.07) is -0.942. The van der Waals surface area contributed by atoms with Crippen molar-refractivity contribution in [2.24, 2.45) is 0 Å². The summed E-state index contributed by atoms with van der Waals surface area (Å²) < 4.78 is 11.0. The van der Waals surface area contributed by atoms with Crippen molar-refractivity contribution < 1.29 is 39.5 Å². The first-order valence-corrected chi connectivity index (χ1v) is 8.79. The zero-order chi connectivity index (χ0) is 19.5. The Morgan fingerprint density at radius 3 is 2.46 bits per heavy atom. The molecule has 0 aliphatic carbocycles. The van der Waals surface area contributed by atoms with Crippen LogP contribution < -0.4 is 10.6 Å². The number of aliphatic hydroxyl groups is 4. The van der Waals surface area contributed by atoms with E-state index in [1.54, 1.807) is 0 Å². The lowest BCUT2D eigenvalue weighted by molar-refractivity contribution is -0.270. The quantitative estimate of drug-likeness (QED) is 0.218. The molecule has 1 rings (SSSR count). The van der Waals surface area contributed by atoms with Gasteiger partial charge in [0.1, 0.15) is 24.4 Å². The van der Waals surface area contributed by atoms with Crippen LogP contribution in [-0.4, -0.2) is 89.2 Å². The molecule has 0 radical (unpaired) electrons. The number of carbonyl (C=O) groups excluding carboxylic acids is 2. The van der Waals surface area contributed by atoms with Crippen molar-refractivity contribution in [3.05, 3.63) is 0 Å². The summed E-state index contributed by atoms with van der Waals surface area (Å²) in [5.41, 5.74) is 0. The van der Waals surface area contributed by atoms with Crippen LogP contribution in [-0.2, 0) is 19.1 Å². The third-order valence-electron chi connectivity index (χ3n) is 4.02. The van der Waals surface area contributed by atoms with E-state index in [1.165, 1.54) is 6.92 Å². The molecular weight excluding hydrogens is 348 g/mol. The molecule has 5 atom stereocenters. The fraction of sp³-hybridized carbons (Fsp3) is 0.875. The maximum absolute atomic E-state index is 11.3. The number of ether oxygens (including phenoxy) is 2. The molecule has 1 heterocycles. The minimum Gasteiger partial charge on any atom is -0.396 e. The van der Waals surface area contributed by atoms with Gasteiger partial charge in [-0.3, -0.25) is 9.59 Å². The maximum Gasteiger partial charge on any atom is 0.222 e. The van der Waals surface area contributed by atoms with Crippen molar-refractivity contribution in [1.82, 2.24) is 10.6 Å². The Bertz CT molecular complexity index is 436. The van der Waals surface area contributed by atoms with Crippen molar-refractivity contribution in [3.63, 3.8) is 0 Å². The third kappa shape index (κ3) is 7.52. The van der Waals surface area contributed by atoms with Crippen LogP contribution in [0.15, 0.2) is 0 Å². The molecule has 1 fully saturated rings. The van der Waals surface area contributed by atoms with E-state index in [1.807, 2.05) is 0 Å². The Hall–Kier alpha value is -1.30. The summed E-state index contributed by atoms with van der Waals surface area (Å²) in [6.45, 7) is 1.40. The van der Waals surface area contributed by atoms with E-state index in [0.29, 0.717) is 13.0 Å². The Kier molecular flexibility index (Phi) is 10.6. The number of unbranched alkanes of at least 4 members (excludes halogenated alkanes) is 2. The van der Waals surface area contributed by atoms with Gasteiger partial charge in [0.05, 0.1) is 13.2 Å². The number of hydrogen-bond acceptors (Lipinski definition) is 8. The Morgan fingerprint density at radius 1 is 1.12 bits per heavy atom. The summed E-state index contributed by atoms with van der Waals surface area (Å²) in [7, 11) is 0. The van der Waals surface area contributed by atoms with Crippen LogP contribution >= 0.6 is 0 Å². The first kappa shape index (κ1) is 22.7. The van der Waals surface area contributed by atoms with E-state index >= 15 is 0 Å². The first-order chi connectivity index (χ1) is 12.4. The highest BCUT2D eigenvalue weighted by Crippen LogP contribution is 2.22. The van der Waals surface area contributed by atoms with E-state index in [0.717, 1.165) is 12.8 Å². The van der Waals surface area contributed by atoms with Gasteiger partial charge in [-0.1, -0.05) is 0 Å². The molecule has 0 bridgehead atoms. The Labute approximate surface area is 152 Å². The molecule has 0 aromatic carbocycles. The second kappa shape index (κ2) is 12.2. The van der Waals surface area contributed by atoms with Gasteiger partial charge in [-0.05, 0) is 19.3 Å². The van der Waals surface area contributed by atoms with Gasteiger partial charge in [0.25, 0.3) is 0 Å². The number of aliphatic hydroxyl groups excluding tert-OH is 4. The molecular formula is C16H30N2O8. The van der Waals surface area contributed by atoms with Gasteiger partial charge in [-0.2, -0.15) is 0 Å². The largest absolute Gasteiger partial charge is 0.396 e. The fourth-order valence-electron chi connectivity index (χ4n) is 2.63. The fourth-order valence-corrected chi connectivity index (χ4v) is 2.63. The summed E-state index contributed by atoms with van der Waals surface area (Å²) in [4.78, 5) is 22.5. The highest BCUT2D eigenvalue weighted by molar-refractivity contribution is 5.75. The van der Waals surface area contributed by atoms with Gasteiger partial charge in [0.2, 0.25) is 11.8 Å². The lowest BCUT2D eigenvalue weighted by Crippen LogP contribution is -2.64. The number of nitrogens with one attached hydrogen (secondary N) is 2. The topological polar surface area (TPSA) is 158 Å². The van der Waals surface area contributed by atoms with E-state index in [4.69, 9.17) is 14.6 Å². The average Bonchev–Trinajstić information content (AvgIpc) is 2.59. The highest BCUT2D eigenvalue weighted by Gasteiger charge is 2.45. The van der Waals surface area contributed by atoms with E-state index in [2.05, 4.69) is 10.6 Å². The first-order valence-electron chi connectivity index (χ1n) is 8.79. The SMILES string of the molecule is CC(=O)N[C@H]1[C@H](OCCCCCNC(=O)CCO)O[C@H](CO)[C@H](O)[C@@H]1O. The zero-order valence-electron chi connectivity index (χ0n) is 15.0. The van der Waals surface area contributed by atoms with Crippen molar-refractivity contribution >= 4 is 11.8 Å². The molecule has 26 heavy (non-hydrogen) atoms. The predicted molar refractivity (Wildman–Crippen MR) is 89.9 cm³/mol. The molecule has 0 unspecified atom stereocenters. The molecule has 6 N–H and O–H groups in total. The van der Waals surface area contributed by atoms with Gasteiger partial charge >= 0.3 is 0 Å². The second-order valence-electron chi connectivity index (χ2n) is 6.19. The van der Waals surface area contributed by atoms with Crippen LogP contribution in [0.2, 0.25) is 0 Å². The summed E-state index contributed by atoms with van der Waals surface area (Å²) in [5.74, 6) is -0.598. The number of carbonyl (C=O) groups is 2. The summed E-state index contributed by atoms with van der Waals surface area (Å²) in [5, 5.41) is 43.0. The number of hydrogen-bond donors (Lipinski definition) is 6. The van der Waals surface area contributed by atoms with Gasteiger partial charge < -0.3 is 40.5 Å². The lowest BCUT2D eigenvalue weighted by atomic mass is 9.97. The molecule has 0 saturated carbocycles. The van der Waals surface area contributed by atoms with Crippen molar-refractivity contribution in [2.45, 2.75) is 63.3 Å². The summed E-state index contributed by atoms with van der Waals surface area (Å²) in [6.07, 6.45) is -2.39. The third-order valence-corrected chi connectivity index (χ3v) is 4.02. The van der Waals surface area contributed by atoms with Crippen LogP contribution in [0.5, 0.6) is 0 Å². The highest BCUT2D eigenvalue weighted by atomic mass is 16.7. The van der Waals surface area contributed by atoms with Crippen molar-refractivity contribution in [1.29, 1.82) is 0 Å². The predicted octanol–water partition coefficient (Wildman–Crippen LogP) is -2.38. The van der Waals surface area contributed by atoms with Crippen molar-refractivity contribution in [3.8, 4) is 0 Å². The monoisotopic (exact) mass is 378 g/mol. The molecule has 0 aromatic heterocycles. The maximum atomic E-state index is 11.3. The Morgan fingerprint density at radius 2 is 1.85 bits per heavy atom. The van der Waals surface area contributed by atoms with Gasteiger partial charge in [-0.25, -0.2) is 0 Å². The second-order valence-corrected chi connectivity index (χ2v) is 6.19. The molecule has 10 heteroatoms. The molecule has 1 aliphatic heterocycles. The molecule has 0 aromatic rings. The standard InChI is InChI=1S/C16H30N2O8/c1-10(21)18-13-15(24)14(23)11(9-20)26-16(13)25-8-4-2-3-6-17-12(22)5-7-19/h11,13-16,19-20,23-24H,2-9H2,1H3,(H,17,22)(H,18,21)/t11-,13-,14+,15-,16-/m1/s1. The van der Waals surface area contributed by atoms with Gasteiger partial charge in [-0.15, -0.1) is 0 Å². The number of amides is 2. The zero-order valence-corrected chi connectivity index (χ0v) is 15.0. The Balaban J connectivity index is 2.35. The molecule has 152 valence electrons. The van der Waals surface area contributed by atoms with Gasteiger partial charge in [0.15, 0.2) is 6.29 Å².